The number of carbonyl (C=O) groups is 1. The van der Waals surface area contributed by atoms with Gasteiger partial charge in [0.1, 0.15) is 0 Å². The number of nitrogens with zero attached hydrogens (tertiary/aromatic N) is 2. The van der Waals surface area contributed by atoms with Gasteiger partial charge < -0.3 is 4.74 Å². The average molecular weight is 358 g/mol. The van der Waals surface area contributed by atoms with Gasteiger partial charge in [0.25, 0.3) is 0 Å². The summed E-state index contributed by atoms with van der Waals surface area (Å²) in [6.45, 7) is 1.78. The molecule has 7 heteroatoms. The minimum Gasteiger partial charge on any atom is -0.465 e. The van der Waals surface area contributed by atoms with Crippen molar-refractivity contribution in [3.05, 3.63) is 64.7 Å². The molecule has 0 amide bonds. The fraction of sp³-hybridized carbons (Fsp3) is 0.222. The second-order valence-electron chi connectivity index (χ2n) is 5.55. The number of esters is 1. The molecule has 0 aromatic heterocycles. The van der Waals surface area contributed by atoms with Crippen molar-refractivity contribution < 1.29 is 17.9 Å². The molecular formula is C18H18N2O4S. The van der Waals surface area contributed by atoms with Crippen LogP contribution in [0, 0.1) is 18.3 Å². The van der Waals surface area contributed by atoms with Crippen LogP contribution in [0.1, 0.15) is 27.0 Å². The molecule has 2 aromatic rings. The van der Waals surface area contributed by atoms with Crippen molar-refractivity contribution in [3.8, 4) is 6.07 Å². The first-order valence-corrected chi connectivity index (χ1v) is 8.88. The van der Waals surface area contributed by atoms with Gasteiger partial charge in [-0.05, 0) is 42.3 Å². The van der Waals surface area contributed by atoms with Gasteiger partial charge in [-0.2, -0.15) is 9.57 Å². The van der Waals surface area contributed by atoms with Gasteiger partial charge in [-0.1, -0.05) is 18.2 Å². The van der Waals surface area contributed by atoms with Gasteiger partial charge in [0.15, 0.2) is 0 Å². The molecule has 0 aliphatic carbocycles. The molecule has 0 N–H and O–H groups in total. The Kier molecular flexibility index (Phi) is 5.57. The largest absolute Gasteiger partial charge is 0.465 e. The van der Waals surface area contributed by atoms with Gasteiger partial charge >= 0.3 is 5.97 Å². The number of rotatable bonds is 5. The van der Waals surface area contributed by atoms with E-state index in [1.807, 2.05) is 6.07 Å². The lowest BCUT2D eigenvalue weighted by Gasteiger charge is -2.19. The normalized spacial score (nSPS) is 11.2. The van der Waals surface area contributed by atoms with Gasteiger partial charge in [-0.3, -0.25) is 0 Å². The highest BCUT2D eigenvalue weighted by molar-refractivity contribution is 7.89. The molecule has 130 valence electrons. The third kappa shape index (κ3) is 4.05. The van der Waals surface area contributed by atoms with Gasteiger partial charge in [-0.15, -0.1) is 0 Å². The van der Waals surface area contributed by atoms with E-state index in [1.54, 1.807) is 37.3 Å². The minimum absolute atomic E-state index is 0.0503. The Morgan fingerprint density at radius 2 is 1.96 bits per heavy atom. The number of aryl methyl sites for hydroxylation is 1. The van der Waals surface area contributed by atoms with Crippen molar-refractivity contribution in [1.82, 2.24) is 4.31 Å². The predicted molar refractivity (Wildman–Crippen MR) is 92.3 cm³/mol. The first-order valence-electron chi connectivity index (χ1n) is 7.44. The summed E-state index contributed by atoms with van der Waals surface area (Å²) in [5.41, 5.74) is 1.87. The number of benzene rings is 2. The molecule has 2 aromatic carbocycles. The van der Waals surface area contributed by atoms with E-state index in [0.717, 1.165) is 0 Å². The maximum Gasteiger partial charge on any atom is 0.337 e. The van der Waals surface area contributed by atoms with E-state index < -0.39 is 16.0 Å². The van der Waals surface area contributed by atoms with Crippen molar-refractivity contribution >= 4 is 16.0 Å². The van der Waals surface area contributed by atoms with Crippen molar-refractivity contribution in [3.63, 3.8) is 0 Å². The molecule has 0 fully saturated rings. The van der Waals surface area contributed by atoms with Crippen molar-refractivity contribution in [2.24, 2.45) is 0 Å². The summed E-state index contributed by atoms with van der Waals surface area (Å²) < 4.78 is 31.6. The molecule has 0 saturated carbocycles. The Morgan fingerprint density at radius 3 is 2.60 bits per heavy atom. The Balaban J connectivity index is 2.37. The SMILES string of the molecule is COC(=O)c1ccc(C)c(S(=O)(=O)N(C)Cc2cccc(C#N)c2)c1. The minimum atomic E-state index is -3.81. The van der Waals surface area contributed by atoms with Gasteiger partial charge in [0.2, 0.25) is 10.0 Å². The van der Waals surface area contributed by atoms with Crippen LogP contribution in [0.3, 0.4) is 0 Å². The highest BCUT2D eigenvalue weighted by Crippen LogP contribution is 2.22. The summed E-state index contributed by atoms with van der Waals surface area (Å²) in [6, 6.07) is 13.2. The molecule has 0 saturated heterocycles. The fourth-order valence-electron chi connectivity index (χ4n) is 2.37. The topological polar surface area (TPSA) is 87.5 Å². The molecule has 0 aliphatic heterocycles. The van der Waals surface area contributed by atoms with E-state index in [-0.39, 0.29) is 17.0 Å². The van der Waals surface area contributed by atoms with Crippen LogP contribution in [0.4, 0.5) is 0 Å². The third-order valence-electron chi connectivity index (χ3n) is 3.76. The van der Waals surface area contributed by atoms with Crippen LogP contribution >= 0.6 is 0 Å². The number of sulfonamides is 1. The standard InChI is InChI=1S/C18H18N2O4S/c1-13-7-8-16(18(21)24-3)10-17(13)25(22,23)20(2)12-15-6-4-5-14(9-15)11-19/h4-10H,12H2,1-3H3. The first-order chi connectivity index (χ1) is 11.8. The molecule has 0 aliphatic rings. The van der Waals surface area contributed by atoms with Crippen LogP contribution in [0.5, 0.6) is 0 Å². The second-order valence-corrected chi connectivity index (χ2v) is 7.56. The second kappa shape index (κ2) is 7.47. The van der Waals surface area contributed by atoms with Crippen LogP contribution in [0.15, 0.2) is 47.4 Å². The highest BCUT2D eigenvalue weighted by Gasteiger charge is 2.24. The molecule has 25 heavy (non-hydrogen) atoms. The fourth-order valence-corrected chi connectivity index (χ4v) is 3.78. The maximum atomic E-state index is 12.9. The number of hydrogen-bond acceptors (Lipinski definition) is 5. The molecule has 0 spiro atoms. The first kappa shape index (κ1) is 18.6. The van der Waals surface area contributed by atoms with Gasteiger partial charge in [-0.25, -0.2) is 13.2 Å². The zero-order valence-corrected chi connectivity index (χ0v) is 15.0. The van der Waals surface area contributed by atoms with E-state index >= 15 is 0 Å². The molecule has 0 unspecified atom stereocenters. The van der Waals surface area contributed by atoms with Crippen LogP contribution in [-0.2, 0) is 21.3 Å². The smallest absolute Gasteiger partial charge is 0.337 e. The van der Waals surface area contributed by atoms with Crippen LogP contribution in [-0.4, -0.2) is 32.8 Å². The number of nitriles is 1. The average Bonchev–Trinajstić information content (AvgIpc) is 2.61. The summed E-state index contributed by atoms with van der Waals surface area (Å²) in [7, 11) is -1.11. The Morgan fingerprint density at radius 1 is 1.24 bits per heavy atom. The lowest BCUT2D eigenvalue weighted by atomic mass is 10.1. The number of hydrogen-bond donors (Lipinski definition) is 0. The summed E-state index contributed by atoms with van der Waals surface area (Å²) in [5.74, 6) is -0.596. The van der Waals surface area contributed by atoms with E-state index in [1.165, 1.54) is 30.6 Å². The van der Waals surface area contributed by atoms with E-state index in [4.69, 9.17) is 5.26 Å². The lowest BCUT2D eigenvalue weighted by Crippen LogP contribution is -2.27. The van der Waals surface area contributed by atoms with Crippen LogP contribution in [0.2, 0.25) is 0 Å². The number of ether oxygens (including phenoxy) is 1. The molecule has 6 nitrogen and oxygen atoms in total. The quantitative estimate of drug-likeness (QED) is 0.766. The summed E-state index contributed by atoms with van der Waals surface area (Å²) in [4.78, 5) is 11.7. The summed E-state index contributed by atoms with van der Waals surface area (Å²) in [5, 5.41) is 8.95. The Bertz CT molecular complexity index is 946. The van der Waals surface area contributed by atoms with E-state index in [2.05, 4.69) is 4.74 Å². The number of methoxy groups -OCH3 is 1. The zero-order chi connectivity index (χ0) is 18.6. The van der Waals surface area contributed by atoms with E-state index in [0.29, 0.717) is 16.7 Å². The molecule has 0 radical (unpaired) electrons. The molecule has 2 rings (SSSR count). The lowest BCUT2D eigenvalue weighted by molar-refractivity contribution is 0.0600. The maximum absolute atomic E-state index is 12.9. The van der Waals surface area contributed by atoms with Crippen LogP contribution in [0.25, 0.3) is 0 Å². The Hall–Kier alpha value is -2.69. The predicted octanol–water partition coefficient (Wildman–Crippen LogP) is 2.47. The van der Waals surface area contributed by atoms with Crippen LogP contribution < -0.4 is 0 Å². The van der Waals surface area contributed by atoms with Gasteiger partial charge in [0.05, 0.1) is 29.2 Å². The Labute approximate surface area is 147 Å². The highest BCUT2D eigenvalue weighted by atomic mass is 32.2. The summed E-state index contributed by atoms with van der Waals surface area (Å²) >= 11 is 0. The molecule has 0 atom stereocenters. The van der Waals surface area contributed by atoms with Crippen molar-refractivity contribution in [2.45, 2.75) is 18.4 Å². The van der Waals surface area contributed by atoms with Gasteiger partial charge in [0, 0.05) is 13.6 Å². The summed E-state index contributed by atoms with van der Waals surface area (Å²) in [6.07, 6.45) is 0. The number of carbonyl (C=O) groups excluding carboxylic acids is 1. The zero-order valence-electron chi connectivity index (χ0n) is 14.2. The third-order valence-corrected chi connectivity index (χ3v) is 5.70. The van der Waals surface area contributed by atoms with Crippen molar-refractivity contribution in [2.75, 3.05) is 14.2 Å². The molecular weight excluding hydrogens is 340 g/mol. The van der Waals surface area contributed by atoms with E-state index in [9.17, 15) is 13.2 Å². The molecule has 0 bridgehead atoms. The molecule has 0 heterocycles. The van der Waals surface area contributed by atoms with Crippen molar-refractivity contribution in [1.29, 1.82) is 5.26 Å². The monoisotopic (exact) mass is 358 g/mol.